The van der Waals surface area contributed by atoms with Crippen molar-refractivity contribution in [2.24, 2.45) is 0 Å². The molecule has 0 unspecified atom stereocenters. The highest BCUT2D eigenvalue weighted by atomic mass is 79.9. The topological polar surface area (TPSA) is 55.2 Å². The van der Waals surface area contributed by atoms with Gasteiger partial charge in [0.05, 0.1) is 0 Å². The molecule has 0 aliphatic heterocycles. The second kappa shape index (κ2) is 4.06. The van der Waals surface area contributed by atoms with Crippen LogP contribution in [0.5, 0.6) is 0 Å². The van der Waals surface area contributed by atoms with Crippen LogP contribution in [0.3, 0.4) is 0 Å². The molecule has 0 aliphatic rings. The first kappa shape index (κ1) is 8.99. The number of rotatable bonds is 3. The molecule has 0 bridgehead atoms. The van der Waals surface area contributed by atoms with E-state index in [2.05, 4.69) is 21.4 Å². The van der Waals surface area contributed by atoms with Crippen LogP contribution in [0.25, 0.3) is 0 Å². The summed E-state index contributed by atoms with van der Waals surface area (Å²) in [5.41, 5.74) is 2.97. The van der Waals surface area contributed by atoms with Crippen molar-refractivity contribution in [2.75, 3.05) is 0 Å². The summed E-state index contributed by atoms with van der Waals surface area (Å²) < 4.78 is 0.965. The molecule has 0 radical (unpaired) electrons. The average Bonchev–Trinajstić information content (AvgIpc) is 2.03. The first-order valence-corrected chi connectivity index (χ1v) is 4.10. The average molecular weight is 231 g/mol. The summed E-state index contributed by atoms with van der Waals surface area (Å²) in [5.74, 6) is 0. The molecule has 0 atom stereocenters. The lowest BCUT2D eigenvalue weighted by Gasteiger charge is -1.97. The molecule has 12 heavy (non-hydrogen) atoms. The van der Waals surface area contributed by atoms with Gasteiger partial charge >= 0.3 is 0 Å². The molecule has 0 aromatic heterocycles. The van der Waals surface area contributed by atoms with E-state index in [9.17, 15) is 10.1 Å². The molecule has 0 fully saturated rings. The number of hydrogen-bond acceptors (Lipinski definition) is 2. The van der Waals surface area contributed by atoms with Crippen LogP contribution in [0.4, 0.5) is 0 Å². The third kappa shape index (κ3) is 2.87. The number of halogens is 1. The molecule has 1 rings (SSSR count). The highest BCUT2D eigenvalue weighted by molar-refractivity contribution is 9.10. The van der Waals surface area contributed by atoms with Crippen LogP contribution in [-0.2, 0) is 6.54 Å². The van der Waals surface area contributed by atoms with Crippen LogP contribution >= 0.6 is 15.9 Å². The van der Waals surface area contributed by atoms with E-state index in [1.807, 2.05) is 24.3 Å². The van der Waals surface area contributed by atoms with Gasteiger partial charge in [-0.25, -0.2) is 10.1 Å². The second-order valence-electron chi connectivity index (χ2n) is 2.22. The molecule has 0 aliphatic carbocycles. The predicted octanol–water partition coefficient (Wildman–Crippen LogP) is 1.73. The minimum Gasteiger partial charge on any atom is -0.235 e. The van der Waals surface area contributed by atoms with E-state index in [1.165, 1.54) is 0 Å². The zero-order chi connectivity index (χ0) is 8.97. The molecular weight excluding hydrogens is 224 g/mol. The first-order chi connectivity index (χ1) is 5.68. The summed E-state index contributed by atoms with van der Waals surface area (Å²) in [6, 6.07) is 7.33. The van der Waals surface area contributed by atoms with Crippen molar-refractivity contribution >= 4 is 15.9 Å². The lowest BCUT2D eigenvalue weighted by atomic mass is 10.2. The quantitative estimate of drug-likeness (QED) is 0.636. The molecule has 4 nitrogen and oxygen atoms in total. The molecule has 0 spiro atoms. The van der Waals surface area contributed by atoms with Crippen molar-refractivity contribution < 1.29 is 5.03 Å². The highest BCUT2D eigenvalue weighted by Crippen LogP contribution is 2.09. The summed E-state index contributed by atoms with van der Waals surface area (Å²) in [7, 11) is 0. The molecular formula is C7H7BrN2O2. The maximum Gasteiger partial charge on any atom is 0.157 e. The minimum absolute atomic E-state index is 0.250. The molecule has 0 saturated carbocycles. The fraction of sp³-hybridized carbons (Fsp3) is 0.143. The van der Waals surface area contributed by atoms with E-state index in [0.29, 0.717) is 0 Å². The van der Waals surface area contributed by atoms with Gasteiger partial charge in [0.2, 0.25) is 0 Å². The van der Waals surface area contributed by atoms with Gasteiger partial charge in [-0.05, 0) is 17.7 Å². The second-order valence-corrected chi connectivity index (χ2v) is 3.13. The third-order valence-electron chi connectivity index (χ3n) is 1.33. The maximum atomic E-state index is 9.92. The summed E-state index contributed by atoms with van der Waals surface area (Å²) in [5, 5.41) is 9.37. The van der Waals surface area contributed by atoms with Gasteiger partial charge in [-0.3, -0.25) is 0 Å². The Morgan fingerprint density at radius 1 is 1.42 bits per heavy atom. The van der Waals surface area contributed by atoms with Crippen molar-refractivity contribution in [3.8, 4) is 0 Å². The standard InChI is InChI=1S/C7H7BrN2O2/c8-7-3-1-6(2-4-7)5-9-10(11)12/h1-4,9H,5H2. The Kier molecular flexibility index (Phi) is 3.04. The van der Waals surface area contributed by atoms with Gasteiger partial charge in [-0.2, -0.15) is 0 Å². The summed E-state index contributed by atoms with van der Waals surface area (Å²) in [6.07, 6.45) is 0. The van der Waals surface area contributed by atoms with Gasteiger partial charge < -0.3 is 0 Å². The van der Waals surface area contributed by atoms with Crippen molar-refractivity contribution in [1.82, 2.24) is 5.43 Å². The monoisotopic (exact) mass is 230 g/mol. The van der Waals surface area contributed by atoms with E-state index >= 15 is 0 Å². The fourth-order valence-electron chi connectivity index (χ4n) is 0.758. The van der Waals surface area contributed by atoms with Crippen molar-refractivity contribution in [2.45, 2.75) is 6.54 Å². The Balaban J connectivity index is 2.53. The van der Waals surface area contributed by atoms with Crippen LogP contribution in [0.1, 0.15) is 5.56 Å². The Morgan fingerprint density at radius 3 is 2.50 bits per heavy atom. The van der Waals surface area contributed by atoms with E-state index < -0.39 is 5.03 Å². The zero-order valence-corrected chi connectivity index (χ0v) is 7.74. The Hall–Kier alpha value is -1.10. The first-order valence-electron chi connectivity index (χ1n) is 3.31. The number of hydrogen-bond donors (Lipinski definition) is 1. The molecule has 0 saturated heterocycles. The Labute approximate surface area is 77.8 Å². The number of benzene rings is 1. The number of nitrogens with zero attached hydrogens (tertiary/aromatic N) is 1. The van der Waals surface area contributed by atoms with E-state index in [-0.39, 0.29) is 6.54 Å². The van der Waals surface area contributed by atoms with E-state index in [0.717, 1.165) is 10.0 Å². The SMILES string of the molecule is O=[N+]([O-])NCc1ccc(Br)cc1. The molecule has 5 heteroatoms. The Bertz CT molecular complexity index is 273. The van der Waals surface area contributed by atoms with Crippen molar-refractivity contribution in [3.05, 3.63) is 44.4 Å². The van der Waals surface area contributed by atoms with Crippen LogP contribution < -0.4 is 5.43 Å². The summed E-state index contributed by atoms with van der Waals surface area (Å²) >= 11 is 3.27. The number of hydrazine groups is 1. The number of nitrogens with one attached hydrogen (secondary N) is 1. The Morgan fingerprint density at radius 2 is 2.00 bits per heavy atom. The largest absolute Gasteiger partial charge is 0.235 e. The normalized spacial score (nSPS) is 9.42. The third-order valence-corrected chi connectivity index (χ3v) is 1.85. The van der Waals surface area contributed by atoms with Crippen molar-refractivity contribution in [1.29, 1.82) is 0 Å². The summed E-state index contributed by atoms with van der Waals surface area (Å²) in [4.78, 5) is 9.92. The van der Waals surface area contributed by atoms with Crippen LogP contribution in [0.2, 0.25) is 0 Å². The van der Waals surface area contributed by atoms with Crippen LogP contribution in [0.15, 0.2) is 28.7 Å². The summed E-state index contributed by atoms with van der Waals surface area (Å²) in [6.45, 7) is 0.250. The van der Waals surface area contributed by atoms with Crippen molar-refractivity contribution in [3.63, 3.8) is 0 Å². The maximum absolute atomic E-state index is 9.92. The fourth-order valence-corrected chi connectivity index (χ4v) is 1.02. The predicted molar refractivity (Wildman–Crippen MR) is 48.0 cm³/mol. The van der Waals surface area contributed by atoms with Gasteiger partial charge in [-0.1, -0.05) is 28.1 Å². The zero-order valence-electron chi connectivity index (χ0n) is 6.16. The molecule has 1 aromatic rings. The number of nitro groups is 1. The molecule has 0 heterocycles. The van der Waals surface area contributed by atoms with E-state index in [1.54, 1.807) is 0 Å². The van der Waals surface area contributed by atoms with Gasteiger partial charge in [0.25, 0.3) is 0 Å². The smallest absolute Gasteiger partial charge is 0.157 e. The lowest BCUT2D eigenvalue weighted by Crippen LogP contribution is -2.20. The highest BCUT2D eigenvalue weighted by Gasteiger charge is 1.95. The lowest BCUT2D eigenvalue weighted by molar-refractivity contribution is -0.546. The molecule has 0 amide bonds. The van der Waals surface area contributed by atoms with Crippen LogP contribution in [-0.4, -0.2) is 5.03 Å². The molecule has 1 aromatic carbocycles. The molecule has 64 valence electrons. The van der Waals surface area contributed by atoms with Crippen LogP contribution in [0, 0.1) is 10.1 Å². The molecule has 1 N–H and O–H groups in total. The minimum atomic E-state index is -0.554. The van der Waals surface area contributed by atoms with Gasteiger partial charge in [0.1, 0.15) is 6.54 Å². The van der Waals surface area contributed by atoms with Gasteiger partial charge in [0.15, 0.2) is 5.03 Å². The van der Waals surface area contributed by atoms with E-state index in [4.69, 9.17) is 0 Å². The van der Waals surface area contributed by atoms with Gasteiger partial charge in [-0.15, -0.1) is 5.43 Å². The van der Waals surface area contributed by atoms with Gasteiger partial charge in [0, 0.05) is 4.47 Å².